The molecule has 0 aliphatic carbocycles. The predicted octanol–water partition coefficient (Wildman–Crippen LogP) is 4.15. The van der Waals surface area contributed by atoms with Crippen LogP contribution in [0, 0.1) is 12.8 Å². The number of nitrogens with zero attached hydrogens (tertiary/aromatic N) is 1. The number of rotatable bonds is 5. The molecule has 26 heavy (non-hydrogen) atoms. The summed E-state index contributed by atoms with van der Waals surface area (Å²) >= 11 is 3.45. The highest BCUT2D eigenvalue weighted by Gasteiger charge is 2.35. The Morgan fingerprint density at radius 2 is 2.00 bits per heavy atom. The molecule has 2 amide bonds. The number of carbonyl (C=O) groups is 2. The molecule has 2 aromatic carbocycles. The van der Waals surface area contributed by atoms with Crippen molar-refractivity contribution in [1.82, 2.24) is 0 Å². The topological polar surface area (TPSA) is 58.6 Å². The highest BCUT2D eigenvalue weighted by molar-refractivity contribution is 9.10. The number of benzene rings is 2. The van der Waals surface area contributed by atoms with E-state index in [1.54, 1.807) is 4.90 Å². The van der Waals surface area contributed by atoms with Gasteiger partial charge in [0.05, 0.1) is 12.5 Å². The van der Waals surface area contributed by atoms with Crippen LogP contribution < -0.4 is 15.0 Å². The molecular formula is C20H21BrN2O3. The van der Waals surface area contributed by atoms with Gasteiger partial charge in [-0.2, -0.15) is 0 Å². The van der Waals surface area contributed by atoms with Gasteiger partial charge in [0, 0.05) is 28.8 Å². The molecule has 1 heterocycles. The van der Waals surface area contributed by atoms with Crippen molar-refractivity contribution in [2.24, 2.45) is 5.92 Å². The molecule has 1 fully saturated rings. The fourth-order valence-corrected chi connectivity index (χ4v) is 3.24. The molecule has 0 radical (unpaired) electrons. The highest BCUT2D eigenvalue weighted by atomic mass is 79.9. The minimum absolute atomic E-state index is 0.0405. The van der Waals surface area contributed by atoms with Crippen LogP contribution in [0.15, 0.2) is 46.9 Å². The summed E-state index contributed by atoms with van der Waals surface area (Å²) in [5.41, 5.74) is 2.57. The third kappa shape index (κ3) is 4.07. The van der Waals surface area contributed by atoms with Gasteiger partial charge in [-0.05, 0) is 61.9 Å². The number of amides is 2. The van der Waals surface area contributed by atoms with Gasteiger partial charge in [0.2, 0.25) is 11.8 Å². The van der Waals surface area contributed by atoms with Crippen molar-refractivity contribution < 1.29 is 14.3 Å². The molecule has 0 spiro atoms. The number of nitrogens with one attached hydrogen (secondary N) is 1. The predicted molar refractivity (Wildman–Crippen MR) is 106 cm³/mol. The van der Waals surface area contributed by atoms with Crippen LogP contribution >= 0.6 is 15.9 Å². The molecule has 2 aromatic rings. The van der Waals surface area contributed by atoms with E-state index in [2.05, 4.69) is 21.2 Å². The van der Waals surface area contributed by atoms with Gasteiger partial charge in [-0.25, -0.2) is 0 Å². The summed E-state index contributed by atoms with van der Waals surface area (Å²) in [6, 6.07) is 13.0. The zero-order chi connectivity index (χ0) is 18.7. The molecule has 136 valence electrons. The lowest BCUT2D eigenvalue weighted by Crippen LogP contribution is -2.28. The maximum absolute atomic E-state index is 12.6. The van der Waals surface area contributed by atoms with E-state index >= 15 is 0 Å². The van der Waals surface area contributed by atoms with Crippen LogP contribution in [0.25, 0.3) is 0 Å². The molecule has 3 rings (SSSR count). The van der Waals surface area contributed by atoms with Gasteiger partial charge in [-0.3, -0.25) is 9.59 Å². The van der Waals surface area contributed by atoms with Crippen LogP contribution in [0.4, 0.5) is 11.4 Å². The van der Waals surface area contributed by atoms with Crippen molar-refractivity contribution in [3.63, 3.8) is 0 Å². The second-order valence-electron chi connectivity index (χ2n) is 6.29. The minimum atomic E-state index is -0.363. The number of hydrogen-bond acceptors (Lipinski definition) is 3. The molecule has 1 N–H and O–H groups in total. The summed E-state index contributed by atoms with van der Waals surface area (Å²) in [5, 5.41) is 2.91. The first kappa shape index (κ1) is 18.5. The maximum Gasteiger partial charge on any atom is 0.229 e. The Morgan fingerprint density at radius 1 is 1.27 bits per heavy atom. The zero-order valence-electron chi connectivity index (χ0n) is 14.8. The third-order valence-electron chi connectivity index (χ3n) is 4.38. The van der Waals surface area contributed by atoms with Gasteiger partial charge in [-0.15, -0.1) is 0 Å². The number of halogens is 1. The van der Waals surface area contributed by atoms with Gasteiger partial charge in [0.15, 0.2) is 0 Å². The summed E-state index contributed by atoms with van der Waals surface area (Å²) in [4.78, 5) is 26.6. The Hall–Kier alpha value is -2.34. The summed E-state index contributed by atoms with van der Waals surface area (Å²) in [5.74, 6) is 0.232. The molecule has 0 bridgehead atoms. The normalized spacial score (nSPS) is 16.7. The van der Waals surface area contributed by atoms with E-state index in [0.29, 0.717) is 13.2 Å². The highest BCUT2D eigenvalue weighted by Crippen LogP contribution is 2.28. The summed E-state index contributed by atoms with van der Waals surface area (Å²) in [6.07, 6.45) is 0.217. The summed E-state index contributed by atoms with van der Waals surface area (Å²) in [6.45, 7) is 4.87. The molecule has 0 aromatic heterocycles. The molecule has 1 atom stereocenters. The lowest BCUT2D eigenvalue weighted by molar-refractivity contribution is -0.122. The fourth-order valence-electron chi connectivity index (χ4n) is 2.99. The number of anilines is 2. The second-order valence-corrected chi connectivity index (χ2v) is 7.14. The lowest BCUT2D eigenvalue weighted by atomic mass is 10.1. The van der Waals surface area contributed by atoms with Gasteiger partial charge in [0.1, 0.15) is 5.75 Å². The molecule has 1 aliphatic heterocycles. The molecule has 1 saturated heterocycles. The van der Waals surface area contributed by atoms with Gasteiger partial charge >= 0.3 is 0 Å². The van der Waals surface area contributed by atoms with E-state index in [-0.39, 0.29) is 24.2 Å². The molecular weight excluding hydrogens is 396 g/mol. The largest absolute Gasteiger partial charge is 0.494 e. The van der Waals surface area contributed by atoms with Crippen molar-refractivity contribution in [3.8, 4) is 5.75 Å². The van der Waals surface area contributed by atoms with E-state index < -0.39 is 0 Å². The van der Waals surface area contributed by atoms with E-state index in [1.807, 2.05) is 56.3 Å². The van der Waals surface area contributed by atoms with E-state index in [0.717, 1.165) is 27.2 Å². The van der Waals surface area contributed by atoms with E-state index in [1.165, 1.54) is 0 Å². The smallest absolute Gasteiger partial charge is 0.229 e. The Labute approximate surface area is 161 Å². The summed E-state index contributed by atoms with van der Waals surface area (Å²) in [7, 11) is 0. The van der Waals surface area contributed by atoms with Crippen LogP contribution in [-0.4, -0.2) is 25.0 Å². The van der Waals surface area contributed by atoms with Crippen LogP contribution in [0.1, 0.15) is 18.9 Å². The van der Waals surface area contributed by atoms with Crippen LogP contribution in [-0.2, 0) is 9.59 Å². The minimum Gasteiger partial charge on any atom is -0.494 e. The molecule has 0 saturated carbocycles. The van der Waals surface area contributed by atoms with Gasteiger partial charge < -0.3 is 15.0 Å². The number of aryl methyl sites for hydroxylation is 1. The van der Waals surface area contributed by atoms with Crippen molar-refractivity contribution >= 4 is 39.1 Å². The van der Waals surface area contributed by atoms with Crippen molar-refractivity contribution in [3.05, 3.63) is 52.5 Å². The van der Waals surface area contributed by atoms with Gasteiger partial charge in [0.25, 0.3) is 0 Å². The first-order chi connectivity index (χ1) is 12.5. The summed E-state index contributed by atoms with van der Waals surface area (Å²) < 4.78 is 6.42. The standard InChI is InChI=1S/C20H21BrN2O3/c1-3-26-17-7-5-16(6-8-17)23-12-14(11-19(23)24)20(25)22-15-4-9-18(21)13(2)10-15/h4-10,14H,3,11-12H2,1-2H3,(H,22,25)/t14-/m1/s1. The van der Waals surface area contributed by atoms with Crippen molar-refractivity contribution in [2.45, 2.75) is 20.3 Å². The number of carbonyl (C=O) groups excluding carboxylic acids is 2. The van der Waals surface area contributed by atoms with Crippen LogP contribution in [0.5, 0.6) is 5.75 Å². The Kier molecular flexibility index (Phi) is 5.61. The quantitative estimate of drug-likeness (QED) is 0.796. The second kappa shape index (κ2) is 7.91. The third-order valence-corrected chi connectivity index (χ3v) is 5.27. The Morgan fingerprint density at radius 3 is 2.65 bits per heavy atom. The van der Waals surface area contributed by atoms with Crippen molar-refractivity contribution in [2.75, 3.05) is 23.4 Å². The SMILES string of the molecule is CCOc1ccc(N2C[C@H](C(=O)Nc3ccc(Br)c(C)c3)CC2=O)cc1. The average Bonchev–Trinajstić information content (AvgIpc) is 3.01. The number of ether oxygens (including phenoxy) is 1. The molecule has 5 nitrogen and oxygen atoms in total. The molecule has 0 unspecified atom stereocenters. The Bertz CT molecular complexity index is 820. The maximum atomic E-state index is 12.6. The monoisotopic (exact) mass is 416 g/mol. The average molecular weight is 417 g/mol. The number of hydrogen-bond donors (Lipinski definition) is 1. The fraction of sp³-hybridized carbons (Fsp3) is 0.300. The van der Waals surface area contributed by atoms with E-state index in [4.69, 9.17) is 4.74 Å². The first-order valence-electron chi connectivity index (χ1n) is 8.58. The van der Waals surface area contributed by atoms with Crippen molar-refractivity contribution in [1.29, 1.82) is 0 Å². The zero-order valence-corrected chi connectivity index (χ0v) is 16.4. The lowest BCUT2D eigenvalue weighted by Gasteiger charge is -2.17. The molecule has 6 heteroatoms. The van der Waals surface area contributed by atoms with Crippen LogP contribution in [0.2, 0.25) is 0 Å². The molecule has 1 aliphatic rings. The van der Waals surface area contributed by atoms with Gasteiger partial charge in [-0.1, -0.05) is 15.9 Å². The first-order valence-corrected chi connectivity index (χ1v) is 9.37. The van der Waals surface area contributed by atoms with Crippen LogP contribution in [0.3, 0.4) is 0 Å². The van der Waals surface area contributed by atoms with E-state index in [9.17, 15) is 9.59 Å². The Balaban J connectivity index is 1.66.